The van der Waals surface area contributed by atoms with E-state index in [0.29, 0.717) is 31.1 Å². The van der Waals surface area contributed by atoms with E-state index >= 15 is 0 Å². The summed E-state index contributed by atoms with van der Waals surface area (Å²) in [6.07, 6.45) is 6.06. The molecule has 0 radical (unpaired) electrons. The van der Waals surface area contributed by atoms with Gasteiger partial charge in [-0.15, -0.1) is 0 Å². The van der Waals surface area contributed by atoms with Crippen LogP contribution in [0, 0.1) is 31.6 Å². The average molecular weight is 573 g/mol. The number of imide groups is 1. The van der Waals surface area contributed by atoms with Gasteiger partial charge in [0.25, 0.3) is 0 Å². The summed E-state index contributed by atoms with van der Waals surface area (Å²) in [6, 6.07) is 10.3. The maximum absolute atomic E-state index is 13.8. The van der Waals surface area contributed by atoms with E-state index in [0.717, 1.165) is 53.5 Å². The summed E-state index contributed by atoms with van der Waals surface area (Å²) in [5, 5.41) is 29.5. The molecule has 2 saturated heterocycles. The fourth-order valence-corrected chi connectivity index (χ4v) is 7.07. The highest BCUT2D eigenvalue weighted by Gasteiger charge is 2.57. The van der Waals surface area contributed by atoms with Gasteiger partial charge in [-0.1, -0.05) is 37.1 Å². The molecule has 0 aromatic heterocycles. The molecule has 0 saturated carbocycles. The van der Waals surface area contributed by atoms with Crippen LogP contribution in [0.15, 0.2) is 53.1 Å². The zero-order valence-corrected chi connectivity index (χ0v) is 24.8. The highest BCUT2D eigenvalue weighted by atomic mass is 16.5. The summed E-state index contributed by atoms with van der Waals surface area (Å²) < 4.78 is 11.9. The Morgan fingerprint density at radius 3 is 2.50 bits per heavy atom. The molecule has 3 N–H and O–H groups in total. The van der Waals surface area contributed by atoms with Crippen LogP contribution in [0.25, 0.3) is 6.08 Å². The van der Waals surface area contributed by atoms with Gasteiger partial charge in [0.2, 0.25) is 11.8 Å². The minimum absolute atomic E-state index is 0.158. The zero-order valence-electron chi connectivity index (χ0n) is 24.8. The van der Waals surface area contributed by atoms with E-state index < -0.39 is 19.0 Å². The van der Waals surface area contributed by atoms with Gasteiger partial charge in [0, 0.05) is 13.0 Å². The number of allylic oxidation sites excluding steroid dienone is 1. The SMILES string of the molecule is CCC/C(=C\c1cc(C)c(O)c(C)c1)CC[C@H]1OC[C@H]2C1=C(COC)C[C@H]1C(=O)N(c3cccc(B(O)O)c3)C(=O)[C@H]12. The molecule has 2 aromatic carbocycles. The topological polar surface area (TPSA) is 117 Å². The number of aromatic hydroxyl groups is 1. The predicted octanol–water partition coefficient (Wildman–Crippen LogP) is 3.82. The van der Waals surface area contributed by atoms with Crippen LogP contribution in [-0.4, -0.2) is 60.5 Å². The van der Waals surface area contributed by atoms with E-state index in [1.807, 2.05) is 26.0 Å². The van der Waals surface area contributed by atoms with E-state index in [9.17, 15) is 24.7 Å². The van der Waals surface area contributed by atoms with Crippen molar-refractivity contribution in [2.75, 3.05) is 25.2 Å². The second-order valence-corrected chi connectivity index (χ2v) is 11.8. The molecule has 2 fully saturated rings. The molecule has 0 unspecified atom stereocenters. The number of hydrogen-bond acceptors (Lipinski definition) is 7. The molecule has 5 rings (SSSR count). The Balaban J connectivity index is 1.39. The predicted molar refractivity (Wildman–Crippen MR) is 162 cm³/mol. The number of carbonyl (C=O) groups excluding carboxylic acids is 2. The molecular weight excluding hydrogens is 533 g/mol. The number of ether oxygens (including phenoxy) is 2. The molecule has 1 aliphatic carbocycles. The highest BCUT2D eigenvalue weighted by Crippen LogP contribution is 2.50. The molecule has 2 aromatic rings. The molecule has 3 aliphatic rings. The number of phenols is 1. The van der Waals surface area contributed by atoms with Crippen LogP contribution in [0.5, 0.6) is 5.75 Å². The number of phenolic OH excluding ortho intramolecular Hbond substituents is 1. The van der Waals surface area contributed by atoms with Gasteiger partial charge in [0.15, 0.2) is 0 Å². The molecular formula is C33H40BNO7. The summed E-state index contributed by atoms with van der Waals surface area (Å²) in [5.41, 5.74) is 6.81. The third-order valence-electron chi connectivity index (χ3n) is 8.94. The summed E-state index contributed by atoms with van der Waals surface area (Å²) in [7, 11) is -0.0534. The Morgan fingerprint density at radius 1 is 1.10 bits per heavy atom. The minimum atomic E-state index is -1.70. The Bertz CT molecular complexity index is 1410. The fourth-order valence-electron chi connectivity index (χ4n) is 7.07. The Kier molecular flexibility index (Phi) is 9.04. The maximum Gasteiger partial charge on any atom is 0.488 e. The number of anilines is 1. The number of hydrogen-bond donors (Lipinski definition) is 3. The normalized spacial score (nSPS) is 24.0. The van der Waals surface area contributed by atoms with Crippen LogP contribution in [-0.2, 0) is 19.1 Å². The second kappa shape index (κ2) is 12.6. The quantitative estimate of drug-likeness (QED) is 0.225. The lowest BCUT2D eigenvalue weighted by Gasteiger charge is -2.31. The number of benzene rings is 2. The molecule has 2 amide bonds. The third-order valence-corrected chi connectivity index (χ3v) is 8.94. The molecule has 2 heterocycles. The Labute approximate surface area is 247 Å². The van der Waals surface area contributed by atoms with Gasteiger partial charge < -0.3 is 24.6 Å². The molecule has 4 atom stereocenters. The summed E-state index contributed by atoms with van der Waals surface area (Å²) >= 11 is 0. The summed E-state index contributed by atoms with van der Waals surface area (Å²) in [6.45, 7) is 6.74. The van der Waals surface area contributed by atoms with Crippen LogP contribution in [0.4, 0.5) is 5.69 Å². The smallest absolute Gasteiger partial charge is 0.488 e. The van der Waals surface area contributed by atoms with Gasteiger partial charge in [-0.05, 0) is 97.1 Å². The lowest BCUT2D eigenvalue weighted by molar-refractivity contribution is -0.122. The van der Waals surface area contributed by atoms with Crippen LogP contribution in [0.2, 0.25) is 0 Å². The van der Waals surface area contributed by atoms with Gasteiger partial charge in [0.05, 0.1) is 36.8 Å². The van der Waals surface area contributed by atoms with Crippen molar-refractivity contribution < 1.29 is 34.2 Å². The van der Waals surface area contributed by atoms with Crippen molar-refractivity contribution in [1.82, 2.24) is 0 Å². The van der Waals surface area contributed by atoms with Crippen molar-refractivity contribution in [3.8, 4) is 5.75 Å². The van der Waals surface area contributed by atoms with Crippen molar-refractivity contribution in [1.29, 1.82) is 0 Å². The first kappa shape index (κ1) is 30.2. The molecule has 9 heteroatoms. The van der Waals surface area contributed by atoms with Gasteiger partial charge >= 0.3 is 7.12 Å². The number of methoxy groups -OCH3 is 1. The van der Waals surface area contributed by atoms with E-state index in [2.05, 4.69) is 13.0 Å². The molecule has 0 bridgehead atoms. The molecule has 0 spiro atoms. The zero-order chi connectivity index (χ0) is 30.1. The molecule has 42 heavy (non-hydrogen) atoms. The van der Waals surface area contributed by atoms with Crippen LogP contribution in [0.3, 0.4) is 0 Å². The van der Waals surface area contributed by atoms with Gasteiger partial charge in [-0.2, -0.15) is 0 Å². The number of nitrogens with zero attached hydrogens (tertiary/aromatic N) is 1. The van der Waals surface area contributed by atoms with Gasteiger partial charge in [0.1, 0.15) is 5.75 Å². The Morgan fingerprint density at radius 2 is 1.83 bits per heavy atom. The van der Waals surface area contributed by atoms with Crippen LogP contribution in [0.1, 0.15) is 55.7 Å². The first-order chi connectivity index (χ1) is 20.1. The average Bonchev–Trinajstić information content (AvgIpc) is 3.49. The van der Waals surface area contributed by atoms with Crippen molar-refractivity contribution in [3.63, 3.8) is 0 Å². The van der Waals surface area contributed by atoms with Crippen molar-refractivity contribution in [3.05, 3.63) is 69.8 Å². The summed E-state index contributed by atoms with van der Waals surface area (Å²) in [4.78, 5) is 28.7. The molecule has 8 nitrogen and oxygen atoms in total. The maximum atomic E-state index is 13.8. The van der Waals surface area contributed by atoms with Crippen molar-refractivity contribution >= 4 is 36.2 Å². The van der Waals surface area contributed by atoms with Gasteiger partial charge in [-0.3, -0.25) is 14.5 Å². The lowest BCUT2D eigenvalue weighted by atomic mass is 9.69. The molecule has 2 aliphatic heterocycles. The largest absolute Gasteiger partial charge is 0.507 e. The number of carbonyl (C=O) groups is 2. The number of aryl methyl sites for hydroxylation is 2. The Hall–Kier alpha value is -3.24. The van der Waals surface area contributed by atoms with E-state index in [1.165, 1.54) is 16.5 Å². The fraction of sp³-hybridized carbons (Fsp3) is 0.455. The second-order valence-electron chi connectivity index (χ2n) is 11.8. The van der Waals surface area contributed by atoms with Crippen LogP contribution >= 0.6 is 0 Å². The standard InChI is InChI=1S/C33H40BNO7/c1-5-7-21(14-22-12-19(2)31(36)20(3)13-22)10-11-28-29-23(17-41-4)15-26-30(27(29)18-42-28)33(38)35(32(26)37)25-9-6-8-24(16-25)34(39)40/h6,8-9,12-14,16,26-28,30,36,39-40H,5,7,10-11,15,17-18H2,1-4H3/b21-14+/t26-,27+,28-,30-/m1/s1. The van der Waals surface area contributed by atoms with Crippen molar-refractivity contribution in [2.24, 2.45) is 17.8 Å². The van der Waals surface area contributed by atoms with Gasteiger partial charge in [-0.25, -0.2) is 0 Å². The number of rotatable bonds is 10. The highest BCUT2D eigenvalue weighted by molar-refractivity contribution is 6.58. The van der Waals surface area contributed by atoms with Crippen molar-refractivity contribution in [2.45, 2.75) is 59.0 Å². The summed E-state index contributed by atoms with van der Waals surface area (Å²) in [5.74, 6) is -1.42. The van der Waals surface area contributed by atoms with E-state index in [-0.39, 0.29) is 29.3 Å². The van der Waals surface area contributed by atoms with E-state index in [4.69, 9.17) is 9.47 Å². The number of fused-ring (bicyclic) bond motifs is 3. The van der Waals surface area contributed by atoms with Crippen LogP contribution < -0.4 is 10.4 Å². The number of amides is 2. The first-order valence-corrected chi connectivity index (χ1v) is 14.8. The van der Waals surface area contributed by atoms with E-state index in [1.54, 1.807) is 25.3 Å². The molecule has 222 valence electrons. The first-order valence-electron chi connectivity index (χ1n) is 14.8. The minimum Gasteiger partial charge on any atom is -0.507 e. The monoisotopic (exact) mass is 573 g/mol. The lowest BCUT2D eigenvalue weighted by Crippen LogP contribution is -2.36. The third kappa shape index (κ3) is 5.71.